The Kier molecular flexibility index (Phi) is 6.83. The molecule has 0 rings (SSSR count). The van der Waals surface area contributed by atoms with Crippen molar-refractivity contribution in [3.63, 3.8) is 0 Å². The minimum absolute atomic E-state index is 0.163. The first-order chi connectivity index (χ1) is 8.01. The number of nitrogens with zero attached hydrogens (tertiary/aromatic N) is 1. The molecule has 18 heavy (non-hydrogen) atoms. The number of carbonyl (C=O) groups excluding carboxylic acids is 1. The standard InChI is InChI=1S/C8H16F3N2O4P/c1-18(16,17)6-12-5-7(14)13(15)4-2-3-8(9,10)11/h12,15H,2-6H2,1H3,(H,16,17). The lowest BCUT2D eigenvalue weighted by Gasteiger charge is -2.16. The lowest BCUT2D eigenvalue weighted by Crippen LogP contribution is -2.37. The summed E-state index contributed by atoms with van der Waals surface area (Å²) in [5, 5.41) is 11.6. The quantitative estimate of drug-likeness (QED) is 0.370. The van der Waals surface area contributed by atoms with Gasteiger partial charge < -0.3 is 4.89 Å². The van der Waals surface area contributed by atoms with Gasteiger partial charge in [0.25, 0.3) is 5.91 Å². The Morgan fingerprint density at radius 1 is 1.44 bits per heavy atom. The van der Waals surface area contributed by atoms with E-state index in [0.29, 0.717) is 0 Å². The summed E-state index contributed by atoms with van der Waals surface area (Å²) in [4.78, 5) is 20.0. The summed E-state index contributed by atoms with van der Waals surface area (Å²) >= 11 is 0. The fraction of sp³-hybridized carbons (Fsp3) is 0.875. The molecule has 0 aliphatic heterocycles. The molecule has 10 heteroatoms. The van der Waals surface area contributed by atoms with Crippen LogP contribution >= 0.6 is 7.37 Å². The summed E-state index contributed by atoms with van der Waals surface area (Å²) in [6.45, 7) is 0.231. The second kappa shape index (κ2) is 7.08. The van der Waals surface area contributed by atoms with Crippen molar-refractivity contribution in [2.45, 2.75) is 19.0 Å². The van der Waals surface area contributed by atoms with Crippen LogP contribution in [-0.4, -0.2) is 53.3 Å². The molecule has 1 amide bonds. The van der Waals surface area contributed by atoms with Gasteiger partial charge in [-0.1, -0.05) is 0 Å². The van der Waals surface area contributed by atoms with E-state index in [1.807, 2.05) is 0 Å². The molecule has 1 unspecified atom stereocenters. The van der Waals surface area contributed by atoms with Crippen molar-refractivity contribution in [2.24, 2.45) is 0 Å². The summed E-state index contributed by atoms with van der Waals surface area (Å²) < 4.78 is 46.2. The van der Waals surface area contributed by atoms with Crippen molar-refractivity contribution in [1.82, 2.24) is 10.4 Å². The number of nitrogens with one attached hydrogen (secondary N) is 1. The zero-order valence-corrected chi connectivity index (χ0v) is 10.7. The molecular formula is C8H16F3N2O4P. The highest BCUT2D eigenvalue weighted by atomic mass is 31.2. The number of carbonyl (C=O) groups is 1. The average molecular weight is 292 g/mol. The number of rotatable bonds is 7. The summed E-state index contributed by atoms with van der Waals surface area (Å²) in [7, 11) is -3.31. The highest BCUT2D eigenvalue weighted by Crippen LogP contribution is 2.32. The van der Waals surface area contributed by atoms with Crippen molar-refractivity contribution in [3.8, 4) is 0 Å². The van der Waals surface area contributed by atoms with Crippen molar-refractivity contribution >= 4 is 13.3 Å². The first-order valence-electron chi connectivity index (χ1n) is 5.07. The van der Waals surface area contributed by atoms with Gasteiger partial charge in [-0.15, -0.1) is 0 Å². The predicted octanol–water partition coefficient (Wildman–Crippen LogP) is 0.994. The third-order valence-corrected chi connectivity index (χ3v) is 2.61. The average Bonchev–Trinajstić information content (AvgIpc) is 2.13. The first-order valence-corrected chi connectivity index (χ1v) is 7.36. The molecule has 0 fully saturated rings. The van der Waals surface area contributed by atoms with E-state index in [4.69, 9.17) is 10.1 Å². The maximum Gasteiger partial charge on any atom is 0.389 e. The molecular weight excluding hydrogens is 276 g/mol. The highest BCUT2D eigenvalue weighted by molar-refractivity contribution is 7.57. The second-order valence-electron chi connectivity index (χ2n) is 3.87. The van der Waals surface area contributed by atoms with Crippen LogP contribution in [0.2, 0.25) is 0 Å². The number of hydrogen-bond donors (Lipinski definition) is 3. The van der Waals surface area contributed by atoms with Crippen LogP contribution in [0.25, 0.3) is 0 Å². The zero-order valence-electron chi connectivity index (χ0n) is 9.77. The minimum atomic E-state index is -4.33. The molecule has 0 bridgehead atoms. The molecule has 0 radical (unpaired) electrons. The lowest BCUT2D eigenvalue weighted by atomic mass is 10.3. The summed E-state index contributed by atoms with van der Waals surface area (Å²) in [5.74, 6) is -0.856. The molecule has 0 aliphatic rings. The van der Waals surface area contributed by atoms with Crippen LogP contribution in [0.4, 0.5) is 13.2 Å². The molecule has 3 N–H and O–H groups in total. The largest absolute Gasteiger partial charge is 0.389 e. The Balaban J connectivity index is 3.80. The summed E-state index contributed by atoms with van der Waals surface area (Å²) in [5.41, 5.74) is 0. The minimum Gasteiger partial charge on any atom is -0.344 e. The number of halogens is 3. The van der Waals surface area contributed by atoms with E-state index in [-0.39, 0.29) is 11.3 Å². The lowest BCUT2D eigenvalue weighted by molar-refractivity contribution is -0.169. The van der Waals surface area contributed by atoms with Crippen LogP contribution in [0.5, 0.6) is 0 Å². The van der Waals surface area contributed by atoms with Gasteiger partial charge in [-0.25, -0.2) is 5.06 Å². The van der Waals surface area contributed by atoms with Crippen LogP contribution in [0.3, 0.4) is 0 Å². The predicted molar refractivity (Wildman–Crippen MR) is 57.4 cm³/mol. The Morgan fingerprint density at radius 2 is 2.00 bits per heavy atom. The fourth-order valence-corrected chi connectivity index (χ4v) is 1.54. The van der Waals surface area contributed by atoms with Crippen LogP contribution < -0.4 is 5.32 Å². The zero-order chi connectivity index (χ0) is 14.4. The fourth-order valence-electron chi connectivity index (χ4n) is 1.02. The molecule has 108 valence electrons. The van der Waals surface area contributed by atoms with Crippen molar-refractivity contribution in [2.75, 3.05) is 26.0 Å². The summed E-state index contributed by atoms with van der Waals surface area (Å²) in [6.07, 6.45) is -6.13. The van der Waals surface area contributed by atoms with Crippen LogP contribution in [0.1, 0.15) is 12.8 Å². The van der Waals surface area contributed by atoms with Gasteiger partial charge in [0.1, 0.15) is 0 Å². The van der Waals surface area contributed by atoms with Gasteiger partial charge >= 0.3 is 6.18 Å². The Morgan fingerprint density at radius 3 is 2.44 bits per heavy atom. The maximum atomic E-state index is 11.8. The van der Waals surface area contributed by atoms with Gasteiger partial charge in [0.05, 0.1) is 12.8 Å². The molecule has 0 aromatic heterocycles. The third-order valence-electron chi connectivity index (χ3n) is 1.80. The Hall–Kier alpha value is -0.630. The molecule has 0 spiro atoms. The van der Waals surface area contributed by atoms with Gasteiger partial charge in [0, 0.05) is 19.6 Å². The first kappa shape index (κ1) is 17.4. The normalized spacial score (nSPS) is 15.2. The van der Waals surface area contributed by atoms with Crippen LogP contribution in [-0.2, 0) is 9.36 Å². The smallest absolute Gasteiger partial charge is 0.344 e. The number of amides is 1. The number of hydrogen-bond acceptors (Lipinski definition) is 4. The second-order valence-corrected chi connectivity index (χ2v) is 6.29. The molecule has 0 aliphatic carbocycles. The highest BCUT2D eigenvalue weighted by Gasteiger charge is 2.26. The molecule has 0 saturated carbocycles. The number of hydroxylamine groups is 2. The molecule has 0 aromatic rings. The van der Waals surface area contributed by atoms with E-state index in [1.54, 1.807) is 0 Å². The van der Waals surface area contributed by atoms with E-state index >= 15 is 0 Å². The summed E-state index contributed by atoms with van der Waals surface area (Å²) in [6, 6.07) is 0. The molecule has 0 saturated heterocycles. The van der Waals surface area contributed by atoms with E-state index in [1.165, 1.54) is 0 Å². The van der Waals surface area contributed by atoms with Gasteiger partial charge in [-0.3, -0.25) is 19.9 Å². The van der Waals surface area contributed by atoms with Crippen LogP contribution in [0, 0.1) is 0 Å². The van der Waals surface area contributed by atoms with Crippen LogP contribution in [0.15, 0.2) is 0 Å². The van der Waals surface area contributed by atoms with Crippen molar-refractivity contribution in [3.05, 3.63) is 0 Å². The van der Waals surface area contributed by atoms with E-state index in [2.05, 4.69) is 5.32 Å². The van der Waals surface area contributed by atoms with Gasteiger partial charge in [0.2, 0.25) is 7.37 Å². The van der Waals surface area contributed by atoms with Gasteiger partial charge in [-0.2, -0.15) is 13.2 Å². The monoisotopic (exact) mass is 292 g/mol. The molecule has 0 aromatic carbocycles. The van der Waals surface area contributed by atoms with Crippen molar-refractivity contribution in [1.29, 1.82) is 0 Å². The molecule has 1 atom stereocenters. The van der Waals surface area contributed by atoms with Crippen molar-refractivity contribution < 1.29 is 32.6 Å². The van der Waals surface area contributed by atoms with Gasteiger partial charge in [-0.05, 0) is 6.42 Å². The maximum absolute atomic E-state index is 11.8. The SMILES string of the molecule is CP(=O)(O)CNCC(=O)N(O)CCCC(F)(F)F. The number of alkyl halides is 3. The Bertz CT molecular complexity index is 318. The van der Waals surface area contributed by atoms with Gasteiger partial charge in [0.15, 0.2) is 0 Å². The Labute approximate surface area is 102 Å². The topological polar surface area (TPSA) is 89.9 Å². The third kappa shape index (κ3) is 10.5. The molecule has 0 heterocycles. The van der Waals surface area contributed by atoms with E-state index in [9.17, 15) is 22.5 Å². The van der Waals surface area contributed by atoms with E-state index < -0.39 is 45.4 Å². The molecule has 6 nitrogen and oxygen atoms in total. The van der Waals surface area contributed by atoms with E-state index in [0.717, 1.165) is 6.66 Å².